The van der Waals surface area contributed by atoms with Crippen molar-refractivity contribution in [2.45, 2.75) is 78.1 Å². The molecule has 3 rings (SSSR count). The number of hydrogen-bond acceptors (Lipinski definition) is 4. The zero-order valence-electron chi connectivity index (χ0n) is 20.7. The minimum atomic E-state index is -0.457. The molecular weight excluding hydrogens is 424 g/mol. The van der Waals surface area contributed by atoms with Gasteiger partial charge in [-0.1, -0.05) is 95.0 Å². The van der Waals surface area contributed by atoms with Crippen molar-refractivity contribution in [3.05, 3.63) is 71.8 Å². The molecule has 1 aliphatic carbocycles. The lowest BCUT2D eigenvalue weighted by Crippen LogP contribution is -2.17. The van der Waals surface area contributed by atoms with Crippen LogP contribution in [0.2, 0.25) is 0 Å². The van der Waals surface area contributed by atoms with Crippen molar-refractivity contribution in [3.63, 3.8) is 0 Å². The highest BCUT2D eigenvalue weighted by atomic mass is 16.5. The molecule has 0 saturated carbocycles. The second-order valence-corrected chi connectivity index (χ2v) is 9.23. The summed E-state index contributed by atoms with van der Waals surface area (Å²) in [6.07, 6.45) is 13.1. The summed E-state index contributed by atoms with van der Waals surface area (Å²) >= 11 is 0. The topological polar surface area (TPSA) is 52.6 Å². The molecule has 0 heterocycles. The van der Waals surface area contributed by atoms with Crippen LogP contribution in [0.5, 0.6) is 11.5 Å². The molecule has 180 valence electrons. The van der Waals surface area contributed by atoms with Crippen molar-refractivity contribution in [3.8, 4) is 11.5 Å². The van der Waals surface area contributed by atoms with E-state index in [0.717, 1.165) is 34.7 Å². The molecule has 1 atom stereocenters. The van der Waals surface area contributed by atoms with E-state index >= 15 is 0 Å². The predicted molar refractivity (Wildman–Crippen MR) is 138 cm³/mol. The molecule has 0 amide bonds. The summed E-state index contributed by atoms with van der Waals surface area (Å²) in [6.45, 7) is 13.0. The third-order valence-corrected chi connectivity index (χ3v) is 6.28. The molecular formula is C30H36O4. The van der Waals surface area contributed by atoms with Crippen molar-refractivity contribution in [1.29, 1.82) is 0 Å². The SMILES string of the molecule is C=C(C)C(=O)Oc1c2c(c(OC(=O)C(=C)C)c3ccccc13)C(CCCCCCCC)C=CC2. The number of carbonyl (C=O) groups excluding carboxylic acids is 2. The summed E-state index contributed by atoms with van der Waals surface area (Å²) in [5.41, 5.74) is 2.52. The fourth-order valence-electron chi connectivity index (χ4n) is 4.46. The maximum Gasteiger partial charge on any atom is 0.338 e. The van der Waals surface area contributed by atoms with Crippen LogP contribution in [0.1, 0.15) is 82.8 Å². The molecule has 0 radical (unpaired) electrons. The number of fused-ring (bicyclic) bond motifs is 2. The normalized spacial score (nSPS) is 14.5. The molecule has 0 saturated heterocycles. The molecule has 0 N–H and O–H groups in total. The predicted octanol–water partition coefficient (Wildman–Crippen LogP) is 7.75. The van der Waals surface area contributed by atoms with E-state index in [-0.39, 0.29) is 5.92 Å². The first kappa shape index (κ1) is 25.5. The fraction of sp³-hybridized carbons (Fsp3) is 0.400. The molecule has 4 heteroatoms. The maximum atomic E-state index is 12.6. The monoisotopic (exact) mass is 460 g/mol. The van der Waals surface area contributed by atoms with Gasteiger partial charge in [-0.3, -0.25) is 0 Å². The molecule has 1 aliphatic rings. The van der Waals surface area contributed by atoms with Gasteiger partial charge in [-0.2, -0.15) is 0 Å². The summed E-state index contributed by atoms with van der Waals surface area (Å²) in [4.78, 5) is 25.2. The molecule has 0 aliphatic heterocycles. The standard InChI is InChI=1S/C30H36O4/c1-6-7-8-9-10-11-15-22-16-14-19-25-26(22)28(34-30(32)21(4)5)24-18-13-12-17-23(24)27(25)33-29(31)20(2)3/h12-14,16-18,22H,2,4,6-11,15,19H2,1,3,5H3. The fourth-order valence-corrected chi connectivity index (χ4v) is 4.46. The number of benzene rings is 2. The first-order valence-electron chi connectivity index (χ1n) is 12.3. The number of unbranched alkanes of at least 4 members (excludes halogenated alkanes) is 5. The van der Waals surface area contributed by atoms with Gasteiger partial charge in [0.15, 0.2) is 0 Å². The lowest BCUT2D eigenvalue weighted by molar-refractivity contribution is -0.131. The summed E-state index contributed by atoms with van der Waals surface area (Å²) in [5, 5.41) is 1.50. The van der Waals surface area contributed by atoms with Crippen LogP contribution in [0.3, 0.4) is 0 Å². The van der Waals surface area contributed by atoms with E-state index in [1.807, 2.05) is 24.3 Å². The molecule has 2 aromatic carbocycles. The average Bonchev–Trinajstić information content (AvgIpc) is 2.82. The van der Waals surface area contributed by atoms with Gasteiger partial charge in [0.2, 0.25) is 0 Å². The van der Waals surface area contributed by atoms with Crippen LogP contribution in [0.25, 0.3) is 10.8 Å². The number of hydrogen-bond donors (Lipinski definition) is 0. The van der Waals surface area contributed by atoms with Gasteiger partial charge in [-0.05, 0) is 26.7 Å². The van der Waals surface area contributed by atoms with E-state index in [2.05, 4.69) is 32.2 Å². The van der Waals surface area contributed by atoms with Crippen LogP contribution in [0, 0.1) is 0 Å². The van der Waals surface area contributed by atoms with Gasteiger partial charge in [-0.15, -0.1) is 0 Å². The molecule has 0 fully saturated rings. The Kier molecular flexibility index (Phi) is 8.86. The molecule has 2 aromatic rings. The van der Waals surface area contributed by atoms with E-state index in [9.17, 15) is 9.59 Å². The van der Waals surface area contributed by atoms with E-state index in [0.29, 0.717) is 29.1 Å². The Morgan fingerprint density at radius 2 is 1.44 bits per heavy atom. The van der Waals surface area contributed by atoms with Crippen molar-refractivity contribution in [1.82, 2.24) is 0 Å². The molecule has 0 spiro atoms. The third kappa shape index (κ3) is 5.85. The van der Waals surface area contributed by atoms with Gasteiger partial charge in [0.25, 0.3) is 0 Å². The number of esters is 2. The Balaban J connectivity index is 2.09. The summed E-state index contributed by atoms with van der Waals surface area (Å²) in [6, 6.07) is 7.60. The van der Waals surface area contributed by atoms with E-state index < -0.39 is 11.9 Å². The first-order chi connectivity index (χ1) is 16.3. The van der Waals surface area contributed by atoms with E-state index in [1.165, 1.54) is 32.1 Å². The van der Waals surface area contributed by atoms with Crippen LogP contribution in [-0.4, -0.2) is 11.9 Å². The highest BCUT2D eigenvalue weighted by Crippen LogP contribution is 2.48. The van der Waals surface area contributed by atoms with E-state index in [1.54, 1.807) is 13.8 Å². The Morgan fingerprint density at radius 1 is 0.882 bits per heavy atom. The van der Waals surface area contributed by atoms with Gasteiger partial charge < -0.3 is 9.47 Å². The molecule has 34 heavy (non-hydrogen) atoms. The Morgan fingerprint density at radius 3 is 2.06 bits per heavy atom. The minimum absolute atomic E-state index is 0.0785. The highest BCUT2D eigenvalue weighted by Gasteiger charge is 2.29. The Labute approximate surface area is 203 Å². The van der Waals surface area contributed by atoms with Crippen LogP contribution in [0.15, 0.2) is 60.7 Å². The van der Waals surface area contributed by atoms with Gasteiger partial charge in [0.1, 0.15) is 11.5 Å². The Hall–Kier alpha value is -3.14. The molecule has 4 nitrogen and oxygen atoms in total. The summed E-state index contributed by atoms with van der Waals surface area (Å²) in [5.74, 6) is 0.253. The summed E-state index contributed by atoms with van der Waals surface area (Å²) in [7, 11) is 0. The zero-order chi connectivity index (χ0) is 24.7. The van der Waals surface area contributed by atoms with Crippen LogP contribution in [-0.2, 0) is 16.0 Å². The van der Waals surface area contributed by atoms with Gasteiger partial charge >= 0.3 is 11.9 Å². The smallest absolute Gasteiger partial charge is 0.338 e. The minimum Gasteiger partial charge on any atom is -0.422 e. The third-order valence-electron chi connectivity index (χ3n) is 6.28. The van der Waals surface area contributed by atoms with Crippen LogP contribution < -0.4 is 9.47 Å². The van der Waals surface area contributed by atoms with Gasteiger partial charge in [0, 0.05) is 39.0 Å². The van der Waals surface area contributed by atoms with Crippen molar-refractivity contribution < 1.29 is 19.1 Å². The lowest BCUT2D eigenvalue weighted by atomic mass is 9.81. The van der Waals surface area contributed by atoms with Crippen molar-refractivity contribution in [2.75, 3.05) is 0 Å². The van der Waals surface area contributed by atoms with Crippen LogP contribution >= 0.6 is 0 Å². The highest BCUT2D eigenvalue weighted by molar-refractivity contribution is 6.01. The van der Waals surface area contributed by atoms with Crippen molar-refractivity contribution in [2.24, 2.45) is 0 Å². The van der Waals surface area contributed by atoms with Gasteiger partial charge in [0.05, 0.1) is 0 Å². The quantitative estimate of drug-likeness (QED) is 0.113. The van der Waals surface area contributed by atoms with Crippen LogP contribution in [0.4, 0.5) is 0 Å². The number of ether oxygens (including phenoxy) is 2. The second-order valence-electron chi connectivity index (χ2n) is 9.23. The zero-order valence-corrected chi connectivity index (χ0v) is 20.7. The number of carbonyl (C=O) groups is 2. The van der Waals surface area contributed by atoms with Gasteiger partial charge in [-0.25, -0.2) is 9.59 Å². The number of allylic oxidation sites excluding steroid dienone is 2. The summed E-state index contributed by atoms with van der Waals surface area (Å²) < 4.78 is 11.8. The first-order valence-corrected chi connectivity index (χ1v) is 12.3. The second kappa shape index (κ2) is 11.8. The molecule has 0 aromatic heterocycles. The largest absolute Gasteiger partial charge is 0.422 e. The average molecular weight is 461 g/mol. The van der Waals surface area contributed by atoms with E-state index in [4.69, 9.17) is 9.47 Å². The molecule has 1 unspecified atom stereocenters. The Bertz CT molecular complexity index is 1120. The van der Waals surface area contributed by atoms with Crippen molar-refractivity contribution >= 4 is 22.7 Å². The number of rotatable bonds is 11. The maximum absolute atomic E-state index is 12.6. The molecule has 0 bridgehead atoms. The lowest BCUT2D eigenvalue weighted by Gasteiger charge is -2.27.